The molecule has 0 fully saturated rings. The largest absolute Gasteiger partial charge is 0.508 e. The first-order chi connectivity index (χ1) is 11.6. The van der Waals surface area contributed by atoms with E-state index in [0.29, 0.717) is 16.5 Å². The van der Waals surface area contributed by atoms with Gasteiger partial charge < -0.3 is 14.3 Å². The standard InChI is InChI=1S/C18H14O5S/c1-24-16-5-3-2-4-14(16)18(21)22-10-11-8-17(20)23-15-9-12(19)6-7-13(11)15/h2-9,19H,10H2,1H3. The van der Waals surface area contributed by atoms with Gasteiger partial charge in [0.15, 0.2) is 0 Å². The first-order valence-corrected chi connectivity index (χ1v) is 8.37. The van der Waals surface area contributed by atoms with Crippen molar-refractivity contribution in [1.29, 1.82) is 0 Å². The van der Waals surface area contributed by atoms with Crippen molar-refractivity contribution in [2.24, 2.45) is 0 Å². The molecule has 1 aromatic heterocycles. The summed E-state index contributed by atoms with van der Waals surface area (Å²) in [6.45, 7) is -0.0611. The number of hydrogen-bond donors (Lipinski definition) is 1. The highest BCUT2D eigenvalue weighted by Gasteiger charge is 2.14. The molecule has 5 nitrogen and oxygen atoms in total. The van der Waals surface area contributed by atoms with E-state index in [1.54, 1.807) is 18.2 Å². The van der Waals surface area contributed by atoms with Crippen molar-refractivity contribution in [1.82, 2.24) is 0 Å². The molecule has 1 N–H and O–H groups in total. The van der Waals surface area contributed by atoms with Crippen LogP contribution in [0, 0.1) is 0 Å². The highest BCUT2D eigenvalue weighted by atomic mass is 32.2. The average Bonchev–Trinajstić information content (AvgIpc) is 2.58. The molecule has 0 aliphatic heterocycles. The summed E-state index contributed by atoms with van der Waals surface area (Å²) in [5, 5.41) is 10.1. The highest BCUT2D eigenvalue weighted by Crippen LogP contribution is 2.24. The number of phenolic OH excluding ortho intramolecular Hbond substituents is 1. The maximum atomic E-state index is 12.3. The fourth-order valence-corrected chi connectivity index (χ4v) is 2.96. The van der Waals surface area contributed by atoms with Crippen LogP contribution in [-0.4, -0.2) is 17.3 Å². The van der Waals surface area contributed by atoms with Gasteiger partial charge in [0, 0.05) is 28.0 Å². The lowest BCUT2D eigenvalue weighted by atomic mass is 10.1. The molecular formula is C18H14O5S. The third kappa shape index (κ3) is 3.28. The Morgan fingerprint density at radius 3 is 2.79 bits per heavy atom. The number of carbonyl (C=O) groups is 1. The SMILES string of the molecule is CSc1ccccc1C(=O)OCc1cc(=O)oc2cc(O)ccc12. The fourth-order valence-electron chi connectivity index (χ4n) is 2.37. The Labute approximate surface area is 141 Å². The maximum absolute atomic E-state index is 12.3. The van der Waals surface area contributed by atoms with E-state index in [9.17, 15) is 14.7 Å². The van der Waals surface area contributed by atoms with Crippen molar-refractivity contribution >= 4 is 28.7 Å². The van der Waals surface area contributed by atoms with E-state index < -0.39 is 11.6 Å². The molecule has 0 aliphatic carbocycles. The molecule has 3 aromatic rings. The van der Waals surface area contributed by atoms with Crippen molar-refractivity contribution in [2.45, 2.75) is 11.5 Å². The molecular weight excluding hydrogens is 328 g/mol. The quantitative estimate of drug-likeness (QED) is 0.444. The zero-order chi connectivity index (χ0) is 17.1. The number of rotatable bonds is 4. The Morgan fingerprint density at radius 2 is 2.00 bits per heavy atom. The molecule has 0 spiro atoms. The van der Waals surface area contributed by atoms with Crippen molar-refractivity contribution in [3.05, 3.63) is 70.1 Å². The van der Waals surface area contributed by atoms with Crippen molar-refractivity contribution in [3.63, 3.8) is 0 Å². The van der Waals surface area contributed by atoms with Gasteiger partial charge in [-0.3, -0.25) is 0 Å². The molecule has 6 heteroatoms. The average molecular weight is 342 g/mol. The number of carbonyl (C=O) groups excluding carboxylic acids is 1. The second kappa shape index (κ2) is 6.80. The van der Waals surface area contributed by atoms with E-state index in [0.717, 1.165) is 4.90 Å². The minimum absolute atomic E-state index is 0.00584. The molecule has 0 bridgehead atoms. The molecule has 24 heavy (non-hydrogen) atoms. The van der Waals surface area contributed by atoms with E-state index in [-0.39, 0.29) is 17.9 Å². The van der Waals surface area contributed by atoms with Gasteiger partial charge in [-0.05, 0) is 30.5 Å². The molecule has 122 valence electrons. The monoisotopic (exact) mass is 342 g/mol. The predicted octanol–water partition coefficient (Wildman–Crippen LogP) is 3.58. The molecule has 0 atom stereocenters. The van der Waals surface area contributed by atoms with Crippen LogP contribution in [0.1, 0.15) is 15.9 Å². The summed E-state index contributed by atoms with van der Waals surface area (Å²) >= 11 is 1.46. The van der Waals surface area contributed by atoms with Crippen LogP contribution in [-0.2, 0) is 11.3 Å². The lowest BCUT2D eigenvalue weighted by Crippen LogP contribution is -2.08. The van der Waals surface area contributed by atoms with Crippen LogP contribution in [0.2, 0.25) is 0 Å². The van der Waals surface area contributed by atoms with Crippen LogP contribution in [0.4, 0.5) is 0 Å². The molecule has 0 amide bonds. The second-order valence-electron chi connectivity index (χ2n) is 5.05. The van der Waals surface area contributed by atoms with Gasteiger partial charge in [0.25, 0.3) is 0 Å². The number of phenols is 1. The van der Waals surface area contributed by atoms with Crippen molar-refractivity contribution in [3.8, 4) is 5.75 Å². The smallest absolute Gasteiger partial charge is 0.339 e. The summed E-state index contributed by atoms with van der Waals surface area (Å²) in [4.78, 5) is 24.8. The lowest BCUT2D eigenvalue weighted by molar-refractivity contribution is 0.0469. The Morgan fingerprint density at radius 1 is 1.21 bits per heavy atom. The van der Waals surface area contributed by atoms with Gasteiger partial charge in [-0.1, -0.05) is 12.1 Å². The molecule has 0 unspecified atom stereocenters. The minimum atomic E-state index is -0.566. The Kier molecular flexibility index (Phi) is 4.57. The number of aromatic hydroxyl groups is 1. The zero-order valence-corrected chi connectivity index (χ0v) is 13.6. The summed E-state index contributed by atoms with van der Waals surface area (Å²) in [5.41, 5.74) is 0.688. The second-order valence-corrected chi connectivity index (χ2v) is 5.90. The normalized spacial score (nSPS) is 10.7. The van der Waals surface area contributed by atoms with Gasteiger partial charge >= 0.3 is 11.6 Å². The molecule has 1 heterocycles. The number of esters is 1. The first kappa shape index (κ1) is 16.1. The summed E-state index contributed by atoms with van der Waals surface area (Å²) in [6.07, 6.45) is 1.88. The van der Waals surface area contributed by atoms with Crippen molar-refractivity contribution < 1.29 is 19.1 Å². The van der Waals surface area contributed by atoms with E-state index in [1.165, 1.54) is 30.0 Å². The summed E-state index contributed by atoms with van der Waals surface area (Å²) in [7, 11) is 0. The molecule has 0 radical (unpaired) electrons. The van der Waals surface area contributed by atoms with Crippen molar-refractivity contribution in [2.75, 3.05) is 6.26 Å². The Hall–Kier alpha value is -2.73. The Balaban J connectivity index is 1.88. The van der Waals surface area contributed by atoms with Crippen LogP contribution < -0.4 is 5.63 Å². The number of hydrogen-bond acceptors (Lipinski definition) is 6. The van der Waals surface area contributed by atoms with Gasteiger partial charge in [-0.2, -0.15) is 0 Å². The summed E-state index contributed by atoms with van der Waals surface area (Å²) < 4.78 is 10.4. The zero-order valence-electron chi connectivity index (χ0n) is 12.8. The van der Waals surface area contributed by atoms with Gasteiger partial charge in [-0.25, -0.2) is 9.59 Å². The van der Waals surface area contributed by atoms with E-state index >= 15 is 0 Å². The number of fused-ring (bicyclic) bond motifs is 1. The number of ether oxygens (including phenoxy) is 1. The third-order valence-corrected chi connectivity index (χ3v) is 4.30. The van der Waals surface area contributed by atoms with Gasteiger partial charge in [-0.15, -0.1) is 11.8 Å². The molecule has 2 aromatic carbocycles. The van der Waals surface area contributed by atoms with E-state index in [4.69, 9.17) is 9.15 Å². The van der Waals surface area contributed by atoms with Crippen LogP contribution in [0.3, 0.4) is 0 Å². The van der Waals surface area contributed by atoms with Gasteiger partial charge in [0.1, 0.15) is 17.9 Å². The van der Waals surface area contributed by atoms with Gasteiger partial charge in [0.2, 0.25) is 0 Å². The minimum Gasteiger partial charge on any atom is -0.508 e. The fraction of sp³-hybridized carbons (Fsp3) is 0.111. The lowest BCUT2D eigenvalue weighted by Gasteiger charge is -2.09. The number of thioether (sulfide) groups is 1. The third-order valence-electron chi connectivity index (χ3n) is 3.50. The number of benzene rings is 2. The van der Waals surface area contributed by atoms with Crippen LogP contribution in [0.25, 0.3) is 11.0 Å². The van der Waals surface area contributed by atoms with Crippen LogP contribution in [0.15, 0.2) is 62.6 Å². The Bertz CT molecular complexity index is 961. The van der Waals surface area contributed by atoms with Crippen LogP contribution in [0.5, 0.6) is 5.75 Å². The molecule has 0 aliphatic rings. The molecule has 0 saturated carbocycles. The van der Waals surface area contributed by atoms with Gasteiger partial charge in [0.05, 0.1) is 5.56 Å². The maximum Gasteiger partial charge on any atom is 0.339 e. The summed E-state index contributed by atoms with van der Waals surface area (Å²) in [6, 6.07) is 12.9. The predicted molar refractivity (Wildman–Crippen MR) is 91.5 cm³/mol. The molecule has 3 rings (SSSR count). The van der Waals surface area contributed by atoms with E-state index in [2.05, 4.69) is 0 Å². The molecule has 0 saturated heterocycles. The topological polar surface area (TPSA) is 76.7 Å². The van der Waals surface area contributed by atoms with Crippen LogP contribution >= 0.6 is 11.8 Å². The summed E-state index contributed by atoms with van der Waals surface area (Å²) in [5.74, 6) is -0.464. The highest BCUT2D eigenvalue weighted by molar-refractivity contribution is 7.98. The van der Waals surface area contributed by atoms with E-state index in [1.807, 2.05) is 18.4 Å². The first-order valence-electron chi connectivity index (χ1n) is 7.14.